The van der Waals surface area contributed by atoms with Crippen LogP contribution in [0.5, 0.6) is 0 Å². The number of halogens is 2. The number of nitrogens with zero attached hydrogens (tertiary/aromatic N) is 3. The fourth-order valence-electron chi connectivity index (χ4n) is 3.64. The molecule has 2 heterocycles. The van der Waals surface area contributed by atoms with Gasteiger partial charge in [-0.15, -0.1) is 0 Å². The van der Waals surface area contributed by atoms with E-state index in [-0.39, 0.29) is 5.56 Å². The van der Waals surface area contributed by atoms with Crippen LogP contribution < -0.4 is 10.6 Å². The zero-order valence-corrected chi connectivity index (χ0v) is 18.1. The fourth-order valence-corrected chi connectivity index (χ4v) is 3.64. The van der Waals surface area contributed by atoms with E-state index in [1.54, 1.807) is 17.7 Å². The number of hydrogen-bond donors (Lipinski definition) is 2. The monoisotopic (exact) mass is 453 g/mol. The molecule has 0 saturated carbocycles. The molecule has 0 radical (unpaired) electrons. The molecule has 0 spiro atoms. The second-order valence-electron chi connectivity index (χ2n) is 8.04. The lowest BCUT2D eigenvalue weighted by Crippen LogP contribution is -2.42. The van der Waals surface area contributed by atoms with Crippen LogP contribution >= 0.6 is 0 Å². The molecular formula is C23H21F2N5O3. The zero-order valence-electron chi connectivity index (χ0n) is 18.1. The zero-order chi connectivity index (χ0) is 23.9. The minimum atomic E-state index is -1.63. The van der Waals surface area contributed by atoms with Crippen LogP contribution in [-0.2, 0) is 15.1 Å². The molecular weight excluding hydrogens is 432 g/mol. The molecule has 1 fully saturated rings. The summed E-state index contributed by atoms with van der Waals surface area (Å²) in [5, 5.41) is 9.51. The van der Waals surface area contributed by atoms with Crippen LogP contribution in [0.4, 0.5) is 19.4 Å². The minimum absolute atomic E-state index is 0.0655. The number of carbonyl (C=O) groups is 3. The van der Waals surface area contributed by atoms with Crippen molar-refractivity contribution in [2.24, 2.45) is 0 Å². The van der Waals surface area contributed by atoms with Gasteiger partial charge in [-0.2, -0.15) is 5.10 Å². The largest absolute Gasteiger partial charge is 0.325 e. The van der Waals surface area contributed by atoms with E-state index in [4.69, 9.17) is 0 Å². The second kappa shape index (κ2) is 8.12. The van der Waals surface area contributed by atoms with E-state index in [1.807, 2.05) is 31.2 Å². The summed E-state index contributed by atoms with van der Waals surface area (Å²) in [5.74, 6) is -3.22. The number of aromatic nitrogens is 2. The number of amides is 4. The highest BCUT2D eigenvalue weighted by Gasteiger charge is 2.49. The van der Waals surface area contributed by atoms with E-state index >= 15 is 0 Å². The summed E-state index contributed by atoms with van der Waals surface area (Å²) >= 11 is 0. The average Bonchev–Trinajstić information content (AvgIpc) is 3.22. The molecule has 1 aliphatic rings. The van der Waals surface area contributed by atoms with Gasteiger partial charge in [0.05, 0.1) is 11.4 Å². The Balaban J connectivity index is 1.53. The van der Waals surface area contributed by atoms with Gasteiger partial charge in [0.2, 0.25) is 5.91 Å². The number of nitrogens with one attached hydrogen (secondary N) is 2. The van der Waals surface area contributed by atoms with Gasteiger partial charge < -0.3 is 10.6 Å². The fraction of sp³-hybridized carbons (Fsp3) is 0.217. The summed E-state index contributed by atoms with van der Waals surface area (Å²) < 4.78 is 28.5. The first-order valence-corrected chi connectivity index (χ1v) is 10.1. The van der Waals surface area contributed by atoms with Crippen molar-refractivity contribution in [1.82, 2.24) is 20.0 Å². The Labute approximate surface area is 188 Å². The topological polar surface area (TPSA) is 96.3 Å². The Bertz CT molecular complexity index is 1270. The second-order valence-corrected chi connectivity index (χ2v) is 8.04. The highest BCUT2D eigenvalue weighted by molar-refractivity contribution is 6.10. The normalized spacial score (nSPS) is 17.9. The highest BCUT2D eigenvalue weighted by atomic mass is 19.2. The van der Waals surface area contributed by atoms with Crippen LogP contribution in [0, 0.1) is 25.5 Å². The van der Waals surface area contributed by atoms with Gasteiger partial charge in [-0.3, -0.25) is 14.5 Å². The maximum Gasteiger partial charge on any atom is 0.325 e. The summed E-state index contributed by atoms with van der Waals surface area (Å²) in [6.45, 7) is 4.52. The smallest absolute Gasteiger partial charge is 0.319 e. The van der Waals surface area contributed by atoms with Crippen molar-refractivity contribution in [3.63, 3.8) is 0 Å². The summed E-state index contributed by atoms with van der Waals surface area (Å²) in [6.07, 6.45) is 0. The van der Waals surface area contributed by atoms with E-state index in [1.165, 1.54) is 13.0 Å². The van der Waals surface area contributed by atoms with Crippen molar-refractivity contribution in [3.05, 3.63) is 77.0 Å². The van der Waals surface area contributed by atoms with Crippen molar-refractivity contribution in [2.75, 3.05) is 11.9 Å². The molecule has 0 aliphatic carbocycles. The van der Waals surface area contributed by atoms with Crippen molar-refractivity contribution in [2.45, 2.75) is 26.3 Å². The molecule has 3 aromatic rings. The number of imide groups is 1. The Morgan fingerprint density at radius 1 is 1.06 bits per heavy atom. The molecule has 0 bridgehead atoms. The number of carbonyl (C=O) groups excluding carboxylic acids is 3. The van der Waals surface area contributed by atoms with Crippen molar-refractivity contribution in [3.8, 4) is 5.69 Å². The van der Waals surface area contributed by atoms with Gasteiger partial charge in [0.15, 0.2) is 11.6 Å². The summed E-state index contributed by atoms with van der Waals surface area (Å²) in [6, 6.07) is 11.3. The Morgan fingerprint density at radius 2 is 1.76 bits per heavy atom. The third-order valence-corrected chi connectivity index (χ3v) is 5.45. The van der Waals surface area contributed by atoms with Gasteiger partial charge in [-0.05, 0) is 50.6 Å². The molecule has 1 aliphatic heterocycles. The first-order chi connectivity index (χ1) is 15.6. The molecule has 1 aromatic heterocycles. The van der Waals surface area contributed by atoms with Crippen LogP contribution in [0.2, 0.25) is 0 Å². The molecule has 10 heteroatoms. The predicted octanol–water partition coefficient (Wildman–Crippen LogP) is 3.17. The first kappa shape index (κ1) is 22.1. The van der Waals surface area contributed by atoms with Gasteiger partial charge >= 0.3 is 6.03 Å². The number of benzene rings is 2. The molecule has 1 unspecified atom stereocenters. The molecule has 1 atom stereocenters. The lowest BCUT2D eigenvalue weighted by Gasteiger charge is -2.22. The molecule has 2 aromatic carbocycles. The third kappa shape index (κ3) is 4.07. The molecule has 170 valence electrons. The summed E-state index contributed by atoms with van der Waals surface area (Å²) in [5.41, 5.74) is 0.884. The van der Waals surface area contributed by atoms with E-state index in [0.717, 1.165) is 28.3 Å². The standard InChI is InChI=1S/C23H21F2N5O3/c1-13-4-7-16(8-5-13)30-19(10-14(2)28-30)26-20(31)12-29-21(32)23(3,27-22(29)33)15-6-9-17(24)18(25)11-15/h4-11H,12H2,1-3H3,(H,26,31)(H,27,33). The van der Waals surface area contributed by atoms with E-state index in [9.17, 15) is 23.2 Å². The number of rotatable bonds is 5. The molecule has 8 nitrogen and oxygen atoms in total. The number of aryl methyl sites for hydroxylation is 2. The van der Waals surface area contributed by atoms with Gasteiger partial charge in [-0.25, -0.2) is 18.3 Å². The number of hydrogen-bond acceptors (Lipinski definition) is 4. The highest BCUT2D eigenvalue weighted by Crippen LogP contribution is 2.30. The van der Waals surface area contributed by atoms with Crippen LogP contribution in [0.3, 0.4) is 0 Å². The molecule has 4 amide bonds. The minimum Gasteiger partial charge on any atom is -0.319 e. The van der Waals surface area contributed by atoms with Gasteiger partial charge in [0.1, 0.15) is 17.9 Å². The van der Waals surface area contributed by atoms with Crippen LogP contribution in [-0.4, -0.2) is 39.1 Å². The third-order valence-electron chi connectivity index (χ3n) is 5.45. The van der Waals surface area contributed by atoms with Gasteiger partial charge in [0.25, 0.3) is 5.91 Å². The summed E-state index contributed by atoms with van der Waals surface area (Å²) in [4.78, 5) is 38.9. The quantitative estimate of drug-likeness (QED) is 0.580. The average molecular weight is 453 g/mol. The lowest BCUT2D eigenvalue weighted by atomic mass is 9.92. The van der Waals surface area contributed by atoms with Crippen LogP contribution in [0.25, 0.3) is 5.69 Å². The SMILES string of the molecule is Cc1ccc(-n2nc(C)cc2NC(=O)CN2C(=O)NC(C)(c3ccc(F)c(F)c3)C2=O)cc1. The van der Waals surface area contributed by atoms with Crippen molar-refractivity contribution < 1.29 is 23.2 Å². The molecule has 1 saturated heterocycles. The van der Waals surface area contributed by atoms with E-state index in [2.05, 4.69) is 15.7 Å². The number of urea groups is 1. The van der Waals surface area contributed by atoms with E-state index in [0.29, 0.717) is 11.5 Å². The first-order valence-electron chi connectivity index (χ1n) is 10.1. The number of anilines is 1. The lowest BCUT2D eigenvalue weighted by molar-refractivity contribution is -0.133. The van der Waals surface area contributed by atoms with Gasteiger partial charge in [0, 0.05) is 6.07 Å². The predicted molar refractivity (Wildman–Crippen MR) is 116 cm³/mol. The van der Waals surface area contributed by atoms with Gasteiger partial charge in [-0.1, -0.05) is 23.8 Å². The molecule has 2 N–H and O–H groups in total. The van der Waals surface area contributed by atoms with Crippen LogP contribution in [0.15, 0.2) is 48.5 Å². The Morgan fingerprint density at radius 3 is 2.42 bits per heavy atom. The van der Waals surface area contributed by atoms with Crippen molar-refractivity contribution >= 4 is 23.7 Å². The Hall–Kier alpha value is -4.08. The van der Waals surface area contributed by atoms with Crippen LogP contribution in [0.1, 0.15) is 23.7 Å². The van der Waals surface area contributed by atoms with Crippen molar-refractivity contribution in [1.29, 1.82) is 0 Å². The Kier molecular flexibility index (Phi) is 5.44. The van der Waals surface area contributed by atoms with E-state index < -0.39 is 41.6 Å². The molecule has 4 rings (SSSR count). The summed E-state index contributed by atoms with van der Waals surface area (Å²) in [7, 11) is 0. The maximum absolute atomic E-state index is 13.7. The maximum atomic E-state index is 13.7. The molecule has 33 heavy (non-hydrogen) atoms.